The van der Waals surface area contributed by atoms with Crippen molar-refractivity contribution in [1.82, 2.24) is 10.2 Å². The number of hydrogen-bond donors (Lipinski definition) is 2. The Balaban J connectivity index is 1.68. The molecule has 0 atom stereocenters. The summed E-state index contributed by atoms with van der Waals surface area (Å²) in [6.07, 6.45) is 3.14. The van der Waals surface area contributed by atoms with Gasteiger partial charge in [-0.1, -0.05) is 18.9 Å². The van der Waals surface area contributed by atoms with E-state index in [2.05, 4.69) is 26.6 Å². The van der Waals surface area contributed by atoms with Crippen LogP contribution in [0.15, 0.2) is 22.7 Å². The van der Waals surface area contributed by atoms with Crippen LogP contribution >= 0.6 is 15.9 Å². The second-order valence-corrected chi connectivity index (χ2v) is 7.00. The Labute approximate surface area is 142 Å². The number of urea groups is 1. The normalized spacial score (nSPS) is 19.3. The molecule has 1 saturated heterocycles. The van der Waals surface area contributed by atoms with E-state index in [0.29, 0.717) is 18.5 Å². The lowest BCUT2D eigenvalue weighted by atomic mass is 9.98. The molecule has 1 saturated carbocycles. The second-order valence-electron chi connectivity index (χ2n) is 6.14. The average Bonchev–Trinajstić information content (AvgIpc) is 3.04. The van der Waals surface area contributed by atoms with Gasteiger partial charge < -0.3 is 10.6 Å². The van der Waals surface area contributed by atoms with Crippen LogP contribution in [0.25, 0.3) is 0 Å². The fourth-order valence-corrected chi connectivity index (χ4v) is 3.78. The quantitative estimate of drug-likeness (QED) is 0.792. The lowest BCUT2D eigenvalue weighted by Crippen LogP contribution is -2.44. The van der Waals surface area contributed by atoms with E-state index in [9.17, 15) is 14.4 Å². The molecule has 1 aliphatic heterocycles. The summed E-state index contributed by atoms with van der Waals surface area (Å²) in [6.45, 7) is 1.68. The molecule has 1 aromatic rings. The number of rotatable bonds is 3. The molecule has 6 nitrogen and oxygen atoms in total. The zero-order chi connectivity index (χ0) is 16.6. The van der Waals surface area contributed by atoms with Gasteiger partial charge in [-0.15, -0.1) is 0 Å². The van der Waals surface area contributed by atoms with E-state index in [1.807, 2.05) is 19.1 Å². The van der Waals surface area contributed by atoms with Gasteiger partial charge in [-0.25, -0.2) is 4.79 Å². The van der Waals surface area contributed by atoms with Crippen LogP contribution in [-0.4, -0.2) is 34.8 Å². The maximum absolute atomic E-state index is 12.5. The van der Waals surface area contributed by atoms with Crippen LogP contribution in [0.5, 0.6) is 0 Å². The summed E-state index contributed by atoms with van der Waals surface area (Å²) >= 11 is 3.39. The summed E-state index contributed by atoms with van der Waals surface area (Å²) in [5.41, 5.74) is 0.900. The third kappa shape index (κ3) is 2.97. The number of hydrogen-bond acceptors (Lipinski definition) is 3. The summed E-state index contributed by atoms with van der Waals surface area (Å²) in [7, 11) is 0. The molecule has 3 rings (SSSR count). The molecule has 7 heteroatoms. The van der Waals surface area contributed by atoms with E-state index >= 15 is 0 Å². The standard InChI is InChI=1S/C16H18BrN3O3/c1-10-4-5-12(11(17)8-10)18-13(21)9-20-14(22)16(19-15(20)23)6-2-3-7-16/h4-5,8H,2-3,6-7,9H2,1H3,(H,18,21)(H,19,23). The summed E-state index contributed by atoms with van der Waals surface area (Å²) < 4.78 is 0.760. The van der Waals surface area contributed by atoms with Gasteiger partial charge in [0, 0.05) is 4.47 Å². The van der Waals surface area contributed by atoms with Gasteiger partial charge in [-0.05, 0) is 53.4 Å². The maximum Gasteiger partial charge on any atom is 0.325 e. The van der Waals surface area contributed by atoms with Crippen molar-refractivity contribution in [3.8, 4) is 0 Å². The zero-order valence-corrected chi connectivity index (χ0v) is 14.4. The third-order valence-corrected chi connectivity index (χ3v) is 5.06. The van der Waals surface area contributed by atoms with Crippen molar-refractivity contribution in [2.24, 2.45) is 0 Å². The first kappa shape index (κ1) is 16.0. The van der Waals surface area contributed by atoms with Crippen LogP contribution in [0.4, 0.5) is 10.5 Å². The van der Waals surface area contributed by atoms with Gasteiger partial charge in [0.05, 0.1) is 5.69 Å². The van der Waals surface area contributed by atoms with Crippen LogP contribution in [0, 0.1) is 6.92 Å². The molecule has 0 bridgehead atoms. The predicted molar refractivity (Wildman–Crippen MR) is 89.0 cm³/mol. The Kier molecular flexibility index (Phi) is 4.14. The molecule has 2 N–H and O–H groups in total. The van der Waals surface area contributed by atoms with E-state index in [-0.39, 0.29) is 12.5 Å². The summed E-state index contributed by atoms with van der Waals surface area (Å²) in [6, 6.07) is 5.06. The molecule has 0 radical (unpaired) electrons. The average molecular weight is 380 g/mol. The van der Waals surface area contributed by atoms with Gasteiger partial charge in [-0.2, -0.15) is 0 Å². The number of nitrogens with zero attached hydrogens (tertiary/aromatic N) is 1. The molecule has 1 spiro atoms. The Hall–Kier alpha value is -1.89. The number of aryl methyl sites for hydroxylation is 1. The van der Waals surface area contributed by atoms with Crippen molar-refractivity contribution in [3.05, 3.63) is 28.2 Å². The van der Waals surface area contributed by atoms with E-state index in [4.69, 9.17) is 0 Å². The number of carbonyl (C=O) groups excluding carboxylic acids is 3. The molecule has 1 heterocycles. The summed E-state index contributed by atoms with van der Waals surface area (Å²) in [5.74, 6) is -0.675. The van der Waals surface area contributed by atoms with Crippen molar-refractivity contribution in [3.63, 3.8) is 0 Å². The van der Waals surface area contributed by atoms with Crippen molar-refractivity contribution in [2.75, 3.05) is 11.9 Å². The Morgan fingerprint density at radius 2 is 2.04 bits per heavy atom. The minimum absolute atomic E-state index is 0.271. The fraction of sp³-hybridized carbons (Fsp3) is 0.438. The molecule has 4 amide bonds. The lowest BCUT2D eigenvalue weighted by Gasteiger charge is -2.19. The van der Waals surface area contributed by atoms with Crippen LogP contribution in [-0.2, 0) is 9.59 Å². The monoisotopic (exact) mass is 379 g/mol. The maximum atomic E-state index is 12.5. The highest BCUT2D eigenvalue weighted by molar-refractivity contribution is 9.10. The van der Waals surface area contributed by atoms with Gasteiger partial charge in [-0.3, -0.25) is 14.5 Å². The lowest BCUT2D eigenvalue weighted by molar-refractivity contribution is -0.133. The largest absolute Gasteiger partial charge is 0.325 e. The highest BCUT2D eigenvalue weighted by atomic mass is 79.9. The first-order valence-corrected chi connectivity index (χ1v) is 8.41. The minimum atomic E-state index is -0.776. The van der Waals surface area contributed by atoms with Crippen LogP contribution in [0.3, 0.4) is 0 Å². The first-order chi connectivity index (χ1) is 10.9. The SMILES string of the molecule is Cc1ccc(NC(=O)CN2C(=O)NC3(CCCC3)C2=O)c(Br)c1. The molecule has 23 heavy (non-hydrogen) atoms. The smallest absolute Gasteiger partial charge is 0.323 e. The number of nitrogens with one attached hydrogen (secondary N) is 2. The van der Waals surface area contributed by atoms with Crippen LogP contribution in [0.2, 0.25) is 0 Å². The predicted octanol–water partition coefficient (Wildman–Crippen LogP) is 2.56. The molecule has 122 valence electrons. The molecule has 2 fully saturated rings. The number of anilines is 1. The van der Waals surface area contributed by atoms with Crippen molar-refractivity contribution in [1.29, 1.82) is 0 Å². The van der Waals surface area contributed by atoms with Gasteiger partial charge in [0.15, 0.2) is 0 Å². The number of halogens is 1. The number of carbonyl (C=O) groups is 3. The highest BCUT2D eigenvalue weighted by Gasteiger charge is 2.52. The number of benzene rings is 1. The molecular weight excluding hydrogens is 362 g/mol. The van der Waals surface area contributed by atoms with Gasteiger partial charge in [0.25, 0.3) is 5.91 Å². The van der Waals surface area contributed by atoms with E-state index < -0.39 is 17.5 Å². The Morgan fingerprint density at radius 1 is 1.35 bits per heavy atom. The number of amides is 4. The highest BCUT2D eigenvalue weighted by Crippen LogP contribution is 2.35. The zero-order valence-electron chi connectivity index (χ0n) is 12.8. The van der Waals surface area contributed by atoms with E-state index in [1.54, 1.807) is 6.07 Å². The second kappa shape index (κ2) is 5.96. The van der Waals surface area contributed by atoms with Crippen molar-refractivity contribution >= 4 is 39.5 Å². The van der Waals surface area contributed by atoms with Crippen LogP contribution in [0.1, 0.15) is 31.2 Å². The van der Waals surface area contributed by atoms with Crippen molar-refractivity contribution < 1.29 is 14.4 Å². The van der Waals surface area contributed by atoms with Gasteiger partial charge >= 0.3 is 6.03 Å². The Morgan fingerprint density at radius 3 is 2.70 bits per heavy atom. The third-order valence-electron chi connectivity index (χ3n) is 4.40. The molecule has 0 aromatic heterocycles. The fourth-order valence-electron chi connectivity index (χ4n) is 3.19. The van der Waals surface area contributed by atoms with E-state index in [1.165, 1.54) is 0 Å². The van der Waals surface area contributed by atoms with Crippen molar-refractivity contribution in [2.45, 2.75) is 38.1 Å². The first-order valence-electron chi connectivity index (χ1n) is 7.61. The van der Waals surface area contributed by atoms with Crippen LogP contribution < -0.4 is 10.6 Å². The topological polar surface area (TPSA) is 78.5 Å². The molecule has 1 aromatic carbocycles. The molecule has 2 aliphatic rings. The molecule has 1 aliphatic carbocycles. The van der Waals surface area contributed by atoms with Gasteiger partial charge in [0.1, 0.15) is 12.1 Å². The summed E-state index contributed by atoms with van der Waals surface area (Å²) in [4.78, 5) is 37.8. The summed E-state index contributed by atoms with van der Waals surface area (Å²) in [5, 5.41) is 5.49. The molecule has 0 unspecified atom stereocenters. The minimum Gasteiger partial charge on any atom is -0.323 e. The Bertz CT molecular complexity index is 683. The molecular formula is C16H18BrN3O3. The number of imide groups is 1. The van der Waals surface area contributed by atoms with Gasteiger partial charge in [0.2, 0.25) is 5.91 Å². The van der Waals surface area contributed by atoms with E-state index in [0.717, 1.165) is 27.8 Å².